The summed E-state index contributed by atoms with van der Waals surface area (Å²) in [4.78, 5) is 0. The van der Waals surface area contributed by atoms with Crippen LogP contribution in [0.1, 0.15) is 25.8 Å². The van der Waals surface area contributed by atoms with Crippen LogP contribution in [0.2, 0.25) is 0 Å². The first-order valence-corrected chi connectivity index (χ1v) is 5.90. The summed E-state index contributed by atoms with van der Waals surface area (Å²) < 4.78 is 1.11. The predicted octanol–water partition coefficient (Wildman–Crippen LogP) is 3.33. The Morgan fingerprint density at radius 1 is 1.40 bits per heavy atom. The van der Waals surface area contributed by atoms with Crippen LogP contribution in [0.4, 0.5) is 5.69 Å². The fourth-order valence-corrected chi connectivity index (χ4v) is 1.59. The molecular weight excluding hydrogens is 254 g/mol. The molecule has 0 atom stereocenters. The molecule has 0 radical (unpaired) electrons. The van der Waals surface area contributed by atoms with Crippen LogP contribution >= 0.6 is 15.9 Å². The number of nitrogens with one attached hydrogen (secondary N) is 1. The molecule has 1 rings (SSSR count). The third kappa shape index (κ3) is 4.67. The Balaban J connectivity index is 2.48. The lowest BCUT2D eigenvalue weighted by Gasteiger charge is -2.17. The molecule has 2 nitrogen and oxygen atoms in total. The lowest BCUT2D eigenvalue weighted by molar-refractivity contribution is 0.0749. The fraction of sp³-hybridized carbons (Fsp3) is 0.500. The summed E-state index contributed by atoms with van der Waals surface area (Å²) in [7, 11) is 0. The molecule has 0 saturated heterocycles. The van der Waals surface area contributed by atoms with Crippen LogP contribution in [-0.2, 0) is 0 Å². The number of halogens is 1. The van der Waals surface area contributed by atoms with Crippen LogP contribution < -0.4 is 5.32 Å². The number of hydrogen-bond acceptors (Lipinski definition) is 2. The van der Waals surface area contributed by atoms with Gasteiger partial charge in [-0.15, -0.1) is 0 Å². The second kappa shape index (κ2) is 4.99. The van der Waals surface area contributed by atoms with Gasteiger partial charge in [-0.25, -0.2) is 0 Å². The van der Waals surface area contributed by atoms with E-state index in [4.69, 9.17) is 0 Å². The van der Waals surface area contributed by atoms with Crippen LogP contribution in [0.25, 0.3) is 0 Å². The van der Waals surface area contributed by atoms with Crippen molar-refractivity contribution in [3.63, 3.8) is 0 Å². The molecule has 0 saturated carbocycles. The maximum Gasteiger partial charge on any atom is 0.0608 e. The van der Waals surface area contributed by atoms with Gasteiger partial charge in [0.15, 0.2) is 0 Å². The van der Waals surface area contributed by atoms with Gasteiger partial charge in [-0.05, 0) is 44.9 Å². The molecule has 1 aromatic carbocycles. The van der Waals surface area contributed by atoms with Crippen molar-refractivity contribution in [3.8, 4) is 0 Å². The van der Waals surface area contributed by atoms with E-state index in [-0.39, 0.29) is 0 Å². The highest BCUT2D eigenvalue weighted by molar-refractivity contribution is 9.10. The van der Waals surface area contributed by atoms with Crippen LogP contribution in [-0.4, -0.2) is 17.3 Å². The van der Waals surface area contributed by atoms with Gasteiger partial charge < -0.3 is 10.4 Å². The van der Waals surface area contributed by atoms with E-state index in [1.54, 1.807) is 0 Å². The van der Waals surface area contributed by atoms with Crippen molar-refractivity contribution in [2.24, 2.45) is 0 Å². The topological polar surface area (TPSA) is 32.3 Å². The average molecular weight is 272 g/mol. The SMILES string of the molecule is Cc1ccc(NCCC(C)(C)O)cc1Br. The Hall–Kier alpha value is -0.540. The van der Waals surface area contributed by atoms with Crippen molar-refractivity contribution in [2.75, 3.05) is 11.9 Å². The van der Waals surface area contributed by atoms with Gasteiger partial charge in [0.05, 0.1) is 5.60 Å². The summed E-state index contributed by atoms with van der Waals surface area (Å²) in [5.74, 6) is 0. The van der Waals surface area contributed by atoms with Crippen molar-refractivity contribution in [1.29, 1.82) is 0 Å². The van der Waals surface area contributed by atoms with E-state index in [1.165, 1.54) is 5.56 Å². The Morgan fingerprint density at radius 3 is 2.60 bits per heavy atom. The molecule has 0 bridgehead atoms. The molecule has 0 spiro atoms. The zero-order chi connectivity index (χ0) is 11.5. The first kappa shape index (κ1) is 12.5. The molecule has 1 aromatic rings. The highest BCUT2D eigenvalue weighted by Crippen LogP contribution is 2.20. The molecule has 0 amide bonds. The molecular formula is C12H18BrNO. The molecule has 84 valence electrons. The minimum Gasteiger partial charge on any atom is -0.390 e. The van der Waals surface area contributed by atoms with Crippen molar-refractivity contribution >= 4 is 21.6 Å². The highest BCUT2D eigenvalue weighted by atomic mass is 79.9. The van der Waals surface area contributed by atoms with E-state index in [9.17, 15) is 5.11 Å². The third-order valence-electron chi connectivity index (χ3n) is 2.24. The Labute approximate surface area is 99.8 Å². The molecule has 0 heterocycles. The van der Waals surface area contributed by atoms with Gasteiger partial charge in [0, 0.05) is 16.7 Å². The smallest absolute Gasteiger partial charge is 0.0608 e. The van der Waals surface area contributed by atoms with E-state index < -0.39 is 5.60 Å². The van der Waals surface area contributed by atoms with E-state index in [1.807, 2.05) is 19.9 Å². The molecule has 15 heavy (non-hydrogen) atoms. The first-order valence-electron chi connectivity index (χ1n) is 5.11. The zero-order valence-corrected chi connectivity index (χ0v) is 11.1. The van der Waals surface area contributed by atoms with Crippen LogP contribution in [0.3, 0.4) is 0 Å². The van der Waals surface area contributed by atoms with Gasteiger partial charge >= 0.3 is 0 Å². The monoisotopic (exact) mass is 271 g/mol. The number of hydrogen-bond donors (Lipinski definition) is 2. The second-order valence-corrected chi connectivity index (χ2v) is 5.31. The summed E-state index contributed by atoms with van der Waals surface area (Å²) >= 11 is 3.49. The van der Waals surface area contributed by atoms with Gasteiger partial charge in [0.2, 0.25) is 0 Å². The molecule has 0 aliphatic rings. The maximum absolute atomic E-state index is 9.55. The van der Waals surface area contributed by atoms with Gasteiger partial charge in [-0.1, -0.05) is 22.0 Å². The van der Waals surface area contributed by atoms with Crippen molar-refractivity contribution < 1.29 is 5.11 Å². The number of rotatable bonds is 4. The minimum absolute atomic E-state index is 0.602. The van der Waals surface area contributed by atoms with Gasteiger partial charge in [-0.2, -0.15) is 0 Å². The maximum atomic E-state index is 9.55. The van der Waals surface area contributed by atoms with E-state index in [0.717, 1.165) is 23.1 Å². The molecule has 0 aliphatic heterocycles. The minimum atomic E-state index is -0.602. The van der Waals surface area contributed by atoms with E-state index in [2.05, 4.69) is 40.3 Å². The van der Waals surface area contributed by atoms with E-state index in [0.29, 0.717) is 0 Å². The largest absolute Gasteiger partial charge is 0.390 e. The zero-order valence-electron chi connectivity index (χ0n) is 9.47. The number of benzene rings is 1. The van der Waals surface area contributed by atoms with Crippen LogP contribution in [0, 0.1) is 6.92 Å². The van der Waals surface area contributed by atoms with Gasteiger partial charge in [0.1, 0.15) is 0 Å². The summed E-state index contributed by atoms with van der Waals surface area (Å²) in [6, 6.07) is 6.17. The normalized spacial score (nSPS) is 11.5. The lowest BCUT2D eigenvalue weighted by atomic mass is 10.1. The third-order valence-corrected chi connectivity index (χ3v) is 3.09. The molecule has 0 aromatic heterocycles. The van der Waals surface area contributed by atoms with Gasteiger partial charge in [0.25, 0.3) is 0 Å². The second-order valence-electron chi connectivity index (χ2n) is 4.45. The number of aryl methyl sites for hydroxylation is 1. The molecule has 0 aliphatic carbocycles. The summed E-state index contributed by atoms with van der Waals surface area (Å²) in [6.07, 6.45) is 0.735. The number of aliphatic hydroxyl groups is 1. The van der Waals surface area contributed by atoms with Crippen LogP contribution in [0.15, 0.2) is 22.7 Å². The quantitative estimate of drug-likeness (QED) is 0.881. The average Bonchev–Trinajstić information content (AvgIpc) is 2.09. The standard InChI is InChI=1S/C12H18BrNO/c1-9-4-5-10(8-11(9)13)14-7-6-12(2,3)15/h4-5,8,14-15H,6-7H2,1-3H3. The van der Waals surface area contributed by atoms with Gasteiger partial charge in [-0.3, -0.25) is 0 Å². The summed E-state index contributed by atoms with van der Waals surface area (Å²) in [6.45, 7) is 6.48. The highest BCUT2D eigenvalue weighted by Gasteiger charge is 2.11. The number of anilines is 1. The van der Waals surface area contributed by atoms with Crippen molar-refractivity contribution in [1.82, 2.24) is 0 Å². The van der Waals surface area contributed by atoms with Crippen molar-refractivity contribution in [3.05, 3.63) is 28.2 Å². The first-order chi connectivity index (χ1) is 6.88. The fourth-order valence-electron chi connectivity index (χ4n) is 1.22. The molecule has 2 N–H and O–H groups in total. The Morgan fingerprint density at radius 2 is 2.07 bits per heavy atom. The predicted molar refractivity (Wildman–Crippen MR) is 68.3 cm³/mol. The Bertz CT molecular complexity index is 331. The van der Waals surface area contributed by atoms with Crippen molar-refractivity contribution in [2.45, 2.75) is 32.8 Å². The molecule has 3 heteroatoms. The molecule has 0 unspecified atom stereocenters. The summed E-state index contributed by atoms with van der Waals surface area (Å²) in [5.41, 5.74) is 1.70. The van der Waals surface area contributed by atoms with Crippen LogP contribution in [0.5, 0.6) is 0 Å². The summed E-state index contributed by atoms with van der Waals surface area (Å²) in [5, 5.41) is 12.8. The Kier molecular flexibility index (Phi) is 4.17. The van der Waals surface area contributed by atoms with E-state index >= 15 is 0 Å². The lowest BCUT2D eigenvalue weighted by Crippen LogP contribution is -2.22. The molecule has 0 fully saturated rings.